The highest BCUT2D eigenvalue weighted by molar-refractivity contribution is 7.99. The predicted molar refractivity (Wildman–Crippen MR) is 97.7 cm³/mol. The largest absolute Gasteiger partial charge is 0.343 e. The van der Waals surface area contributed by atoms with Gasteiger partial charge in [-0.1, -0.05) is 0 Å². The first-order chi connectivity index (χ1) is 12.5. The summed E-state index contributed by atoms with van der Waals surface area (Å²) in [4.78, 5) is 27.9. The quantitative estimate of drug-likeness (QED) is 0.789. The molecule has 0 radical (unpaired) electrons. The summed E-state index contributed by atoms with van der Waals surface area (Å²) in [7, 11) is 0. The molecule has 2 amide bonds. The molecule has 0 bridgehead atoms. The minimum Gasteiger partial charge on any atom is -0.343 e. The zero-order valence-corrected chi connectivity index (χ0v) is 15.7. The second-order valence-electron chi connectivity index (χ2n) is 6.92. The molecular weight excluding hydrogens is 358 g/mol. The van der Waals surface area contributed by atoms with E-state index in [1.807, 2.05) is 4.90 Å². The monoisotopic (exact) mass is 382 g/mol. The molecule has 26 heavy (non-hydrogen) atoms. The Morgan fingerprint density at radius 1 is 1.04 bits per heavy atom. The summed E-state index contributed by atoms with van der Waals surface area (Å²) >= 11 is 1.58. The Kier molecular flexibility index (Phi) is 6.16. The second-order valence-corrected chi connectivity index (χ2v) is 8.23. The van der Waals surface area contributed by atoms with E-state index < -0.39 is 5.82 Å². The van der Waals surface area contributed by atoms with E-state index in [4.69, 9.17) is 0 Å². The number of piperidine rings is 1. The number of halogens is 2. The highest BCUT2D eigenvalue weighted by atomic mass is 32.2. The van der Waals surface area contributed by atoms with Gasteiger partial charge in [-0.2, -0.15) is 11.8 Å². The van der Waals surface area contributed by atoms with E-state index >= 15 is 0 Å². The summed E-state index contributed by atoms with van der Waals surface area (Å²) in [6, 6.07) is 3.56. The summed E-state index contributed by atoms with van der Waals surface area (Å²) in [5, 5.41) is -0.136. The Hall–Kier alpha value is -1.63. The summed E-state index contributed by atoms with van der Waals surface area (Å²) in [5.74, 6) is 0.0319. The average molecular weight is 382 g/mol. The first-order valence-corrected chi connectivity index (χ1v) is 10.1. The molecule has 4 nitrogen and oxygen atoms in total. The van der Waals surface area contributed by atoms with Crippen LogP contribution < -0.4 is 0 Å². The van der Waals surface area contributed by atoms with Gasteiger partial charge in [0.15, 0.2) is 0 Å². The topological polar surface area (TPSA) is 40.6 Å². The van der Waals surface area contributed by atoms with Gasteiger partial charge in [0.1, 0.15) is 11.6 Å². The van der Waals surface area contributed by atoms with Gasteiger partial charge in [-0.15, -0.1) is 0 Å². The molecular formula is C19H24F2N2O2S. The number of amides is 2. The van der Waals surface area contributed by atoms with Gasteiger partial charge >= 0.3 is 0 Å². The molecule has 7 heteroatoms. The molecule has 0 N–H and O–H groups in total. The van der Waals surface area contributed by atoms with Crippen LogP contribution in [0, 0.1) is 17.6 Å². The zero-order chi connectivity index (χ0) is 18.7. The van der Waals surface area contributed by atoms with E-state index in [-0.39, 0.29) is 28.8 Å². The van der Waals surface area contributed by atoms with Crippen LogP contribution >= 0.6 is 11.8 Å². The molecule has 2 aliphatic rings. The highest BCUT2D eigenvalue weighted by Gasteiger charge is 2.31. The van der Waals surface area contributed by atoms with Gasteiger partial charge in [-0.05, 0) is 37.5 Å². The Bertz CT molecular complexity index is 678. The van der Waals surface area contributed by atoms with Crippen molar-refractivity contribution >= 4 is 23.6 Å². The number of thioether (sulfide) groups is 1. The molecule has 0 saturated carbocycles. The Balaban J connectivity index is 1.59. The summed E-state index contributed by atoms with van der Waals surface area (Å²) in [6.45, 7) is 4.00. The molecule has 2 saturated heterocycles. The molecule has 1 aromatic carbocycles. The van der Waals surface area contributed by atoms with Crippen LogP contribution in [-0.4, -0.2) is 53.5 Å². The number of carbonyl (C=O) groups excluding carboxylic acids is 2. The first-order valence-electron chi connectivity index (χ1n) is 9.06. The first kappa shape index (κ1) is 19.1. The lowest BCUT2D eigenvalue weighted by Crippen LogP contribution is -2.44. The number of nitrogens with zero attached hydrogens (tertiary/aromatic N) is 2. The molecule has 1 unspecified atom stereocenters. The number of benzene rings is 1. The van der Waals surface area contributed by atoms with E-state index in [0.29, 0.717) is 56.8 Å². The standard InChI is InChI=1S/C19H24F2N2O2S/c1-13(24)22-7-4-14(5-8-22)19(25)23-9-6-18(26-11-10-23)16-12-15(20)2-3-17(16)21/h2-3,12,14,18H,4-11H2,1H3. The highest BCUT2D eigenvalue weighted by Crippen LogP contribution is 2.36. The third-order valence-corrected chi connectivity index (χ3v) is 6.56. The van der Waals surface area contributed by atoms with Crippen molar-refractivity contribution in [2.45, 2.75) is 31.4 Å². The van der Waals surface area contributed by atoms with Crippen LogP contribution in [0.25, 0.3) is 0 Å². The molecule has 1 atom stereocenters. The fourth-order valence-corrected chi connectivity index (χ4v) is 4.94. The maximum Gasteiger partial charge on any atom is 0.225 e. The van der Waals surface area contributed by atoms with Gasteiger partial charge in [0.2, 0.25) is 11.8 Å². The van der Waals surface area contributed by atoms with Crippen LogP contribution in [0.15, 0.2) is 18.2 Å². The van der Waals surface area contributed by atoms with Crippen molar-refractivity contribution < 1.29 is 18.4 Å². The molecule has 142 valence electrons. The molecule has 3 rings (SSSR count). The normalized spacial score (nSPS) is 22.2. The zero-order valence-electron chi connectivity index (χ0n) is 14.9. The van der Waals surface area contributed by atoms with Gasteiger partial charge < -0.3 is 9.80 Å². The van der Waals surface area contributed by atoms with Gasteiger partial charge in [-0.3, -0.25) is 9.59 Å². The fraction of sp³-hybridized carbons (Fsp3) is 0.579. The summed E-state index contributed by atoms with van der Waals surface area (Å²) in [5.41, 5.74) is 0.388. The van der Waals surface area contributed by atoms with Crippen LogP contribution in [0.4, 0.5) is 8.78 Å². The number of carbonyl (C=O) groups is 2. The molecule has 2 aliphatic heterocycles. The molecule has 0 aliphatic carbocycles. The molecule has 2 fully saturated rings. The van der Waals surface area contributed by atoms with Gasteiger partial charge in [0.25, 0.3) is 0 Å². The minimum atomic E-state index is -0.434. The van der Waals surface area contributed by atoms with E-state index in [1.54, 1.807) is 23.6 Å². The van der Waals surface area contributed by atoms with Crippen LogP contribution in [0.5, 0.6) is 0 Å². The molecule has 0 aromatic heterocycles. The maximum absolute atomic E-state index is 14.0. The van der Waals surface area contributed by atoms with E-state index in [9.17, 15) is 18.4 Å². The fourth-order valence-electron chi connectivity index (χ4n) is 3.70. The Labute approximate surface area is 156 Å². The molecule has 0 spiro atoms. The molecule has 1 aromatic rings. The van der Waals surface area contributed by atoms with E-state index in [2.05, 4.69) is 0 Å². The maximum atomic E-state index is 14.0. The number of likely N-dealkylation sites (tertiary alicyclic amines) is 1. The number of rotatable bonds is 2. The summed E-state index contributed by atoms with van der Waals surface area (Å²) < 4.78 is 27.5. The lowest BCUT2D eigenvalue weighted by molar-refractivity contribution is -0.139. The van der Waals surface area contributed by atoms with Crippen LogP contribution in [-0.2, 0) is 9.59 Å². The Morgan fingerprint density at radius 2 is 1.73 bits per heavy atom. The van der Waals surface area contributed by atoms with Gasteiger partial charge in [0, 0.05) is 55.6 Å². The summed E-state index contributed by atoms with van der Waals surface area (Å²) in [6.07, 6.45) is 2.01. The van der Waals surface area contributed by atoms with Crippen molar-refractivity contribution in [2.75, 3.05) is 31.9 Å². The van der Waals surface area contributed by atoms with Crippen molar-refractivity contribution in [2.24, 2.45) is 5.92 Å². The van der Waals surface area contributed by atoms with Crippen molar-refractivity contribution in [3.8, 4) is 0 Å². The van der Waals surface area contributed by atoms with Crippen molar-refractivity contribution in [1.82, 2.24) is 9.80 Å². The van der Waals surface area contributed by atoms with Crippen molar-refractivity contribution in [1.29, 1.82) is 0 Å². The SMILES string of the molecule is CC(=O)N1CCC(C(=O)N2CCSC(c3cc(F)ccc3F)CC2)CC1. The number of hydrogen-bond donors (Lipinski definition) is 0. The van der Waals surface area contributed by atoms with Gasteiger partial charge in [0.05, 0.1) is 0 Å². The third-order valence-electron chi connectivity index (χ3n) is 5.25. The lowest BCUT2D eigenvalue weighted by Gasteiger charge is -2.33. The average Bonchev–Trinajstić information content (AvgIpc) is 2.89. The van der Waals surface area contributed by atoms with Crippen molar-refractivity contribution in [3.05, 3.63) is 35.4 Å². The van der Waals surface area contributed by atoms with Crippen molar-refractivity contribution in [3.63, 3.8) is 0 Å². The smallest absolute Gasteiger partial charge is 0.225 e. The number of hydrogen-bond acceptors (Lipinski definition) is 3. The molecule has 2 heterocycles. The lowest BCUT2D eigenvalue weighted by atomic mass is 9.95. The Morgan fingerprint density at radius 3 is 2.42 bits per heavy atom. The van der Waals surface area contributed by atoms with Crippen LogP contribution in [0.2, 0.25) is 0 Å². The van der Waals surface area contributed by atoms with Crippen LogP contribution in [0.3, 0.4) is 0 Å². The minimum absolute atomic E-state index is 0.0435. The predicted octanol–water partition coefficient (Wildman–Crippen LogP) is 3.23. The van der Waals surface area contributed by atoms with Crippen LogP contribution in [0.1, 0.15) is 37.0 Å². The third kappa shape index (κ3) is 4.37. The second kappa shape index (κ2) is 8.37. The van der Waals surface area contributed by atoms with E-state index in [0.717, 1.165) is 6.07 Å². The van der Waals surface area contributed by atoms with Gasteiger partial charge in [-0.25, -0.2) is 8.78 Å². The van der Waals surface area contributed by atoms with E-state index in [1.165, 1.54) is 12.1 Å².